The zero-order valence-corrected chi connectivity index (χ0v) is 15.2. The van der Waals surface area contributed by atoms with Crippen molar-refractivity contribution in [1.29, 1.82) is 0 Å². The van der Waals surface area contributed by atoms with Crippen LogP contribution >= 0.6 is 24.2 Å². The molecule has 0 aliphatic carbocycles. The topological polar surface area (TPSA) is 85.8 Å². The second-order valence-electron chi connectivity index (χ2n) is 5.24. The summed E-state index contributed by atoms with van der Waals surface area (Å²) in [6.45, 7) is 4.17. The van der Waals surface area contributed by atoms with Gasteiger partial charge in [0.05, 0.1) is 11.4 Å². The number of carbonyl (C=O) groups is 1. The Bertz CT molecular complexity index is 680. The lowest BCUT2D eigenvalue weighted by molar-refractivity contribution is -0.119. The lowest BCUT2D eigenvalue weighted by Gasteiger charge is -2.11. The van der Waals surface area contributed by atoms with E-state index >= 15 is 0 Å². The first-order valence-electron chi connectivity index (χ1n) is 7.34. The van der Waals surface area contributed by atoms with E-state index in [9.17, 15) is 9.18 Å². The minimum absolute atomic E-state index is 0. The van der Waals surface area contributed by atoms with Crippen LogP contribution in [-0.2, 0) is 11.2 Å². The number of aromatic nitrogens is 3. The van der Waals surface area contributed by atoms with Gasteiger partial charge in [-0.25, -0.2) is 4.39 Å². The molecule has 0 aliphatic heterocycles. The fourth-order valence-corrected chi connectivity index (χ4v) is 2.83. The Morgan fingerprint density at radius 3 is 2.71 bits per heavy atom. The van der Waals surface area contributed by atoms with Gasteiger partial charge in [0.15, 0.2) is 5.16 Å². The molecule has 0 spiro atoms. The second kappa shape index (κ2) is 9.61. The lowest BCUT2D eigenvalue weighted by Crippen LogP contribution is -2.31. The van der Waals surface area contributed by atoms with Crippen molar-refractivity contribution in [2.24, 2.45) is 5.73 Å². The van der Waals surface area contributed by atoms with Gasteiger partial charge in [-0.1, -0.05) is 23.9 Å². The van der Waals surface area contributed by atoms with Gasteiger partial charge in [-0.2, -0.15) is 0 Å². The van der Waals surface area contributed by atoms with E-state index in [0.717, 1.165) is 0 Å². The Morgan fingerprint density at radius 1 is 1.38 bits per heavy atom. The Kier molecular flexibility index (Phi) is 8.17. The lowest BCUT2D eigenvalue weighted by atomic mass is 10.3. The number of nitrogens with two attached hydrogens (primary N) is 1. The molecule has 9 heteroatoms. The Morgan fingerprint density at radius 2 is 2.08 bits per heavy atom. The van der Waals surface area contributed by atoms with E-state index in [1.807, 2.05) is 13.8 Å². The van der Waals surface area contributed by atoms with Crippen LogP contribution in [0.5, 0.6) is 0 Å². The number of nitrogens with one attached hydrogen (secondary N) is 1. The van der Waals surface area contributed by atoms with E-state index in [-0.39, 0.29) is 35.9 Å². The number of nitrogens with zero attached hydrogens (tertiary/aromatic N) is 3. The third kappa shape index (κ3) is 5.19. The van der Waals surface area contributed by atoms with Crippen molar-refractivity contribution >= 4 is 30.1 Å². The SMILES string of the molecule is CC(C)NC(=O)CSc1nnc(CCN)n1-c1ccccc1F.Cl. The molecule has 24 heavy (non-hydrogen) atoms. The van der Waals surface area contributed by atoms with Gasteiger partial charge >= 0.3 is 0 Å². The van der Waals surface area contributed by atoms with Gasteiger partial charge < -0.3 is 11.1 Å². The van der Waals surface area contributed by atoms with Crippen LogP contribution in [0.25, 0.3) is 5.69 Å². The van der Waals surface area contributed by atoms with Crippen LogP contribution in [0.2, 0.25) is 0 Å². The molecule has 2 rings (SSSR count). The zero-order chi connectivity index (χ0) is 16.8. The summed E-state index contributed by atoms with van der Waals surface area (Å²) in [6, 6.07) is 6.46. The van der Waals surface area contributed by atoms with Crippen LogP contribution in [0, 0.1) is 5.82 Å². The number of amides is 1. The molecule has 1 heterocycles. The number of para-hydroxylation sites is 1. The van der Waals surface area contributed by atoms with Crippen molar-refractivity contribution in [3.8, 4) is 5.69 Å². The highest BCUT2D eigenvalue weighted by molar-refractivity contribution is 7.99. The fraction of sp³-hybridized carbons (Fsp3) is 0.400. The molecule has 1 aromatic heterocycles. The number of carbonyl (C=O) groups excluding carboxylic acids is 1. The van der Waals surface area contributed by atoms with E-state index < -0.39 is 0 Å². The molecule has 0 unspecified atom stereocenters. The minimum Gasteiger partial charge on any atom is -0.353 e. The molecule has 0 saturated carbocycles. The smallest absolute Gasteiger partial charge is 0.230 e. The zero-order valence-electron chi connectivity index (χ0n) is 13.5. The molecule has 0 radical (unpaired) electrons. The van der Waals surface area contributed by atoms with Gasteiger partial charge in [0.2, 0.25) is 5.91 Å². The highest BCUT2D eigenvalue weighted by atomic mass is 35.5. The third-order valence-electron chi connectivity index (χ3n) is 2.94. The Labute approximate surface area is 150 Å². The molecule has 132 valence electrons. The van der Waals surface area contributed by atoms with Crippen LogP contribution in [0.3, 0.4) is 0 Å². The second-order valence-corrected chi connectivity index (χ2v) is 6.18. The van der Waals surface area contributed by atoms with Crippen molar-refractivity contribution in [2.45, 2.75) is 31.5 Å². The first-order chi connectivity index (χ1) is 11.0. The van der Waals surface area contributed by atoms with Crippen LogP contribution in [0.4, 0.5) is 4.39 Å². The first-order valence-corrected chi connectivity index (χ1v) is 8.33. The monoisotopic (exact) mass is 373 g/mol. The summed E-state index contributed by atoms with van der Waals surface area (Å²) in [5, 5.41) is 11.4. The number of halogens is 2. The third-order valence-corrected chi connectivity index (χ3v) is 3.87. The highest BCUT2D eigenvalue weighted by Crippen LogP contribution is 2.24. The van der Waals surface area contributed by atoms with Crippen molar-refractivity contribution in [1.82, 2.24) is 20.1 Å². The molecule has 0 aliphatic rings. The predicted molar refractivity (Wildman–Crippen MR) is 95.3 cm³/mol. The molecule has 6 nitrogen and oxygen atoms in total. The van der Waals surface area contributed by atoms with E-state index in [2.05, 4.69) is 15.5 Å². The molecule has 0 bridgehead atoms. The maximum Gasteiger partial charge on any atom is 0.230 e. The maximum absolute atomic E-state index is 14.1. The summed E-state index contributed by atoms with van der Waals surface area (Å²) in [7, 11) is 0. The summed E-state index contributed by atoms with van der Waals surface area (Å²) in [5.74, 6) is 0.282. The molecule has 0 saturated heterocycles. The molecule has 1 aromatic carbocycles. The van der Waals surface area contributed by atoms with Crippen molar-refractivity contribution < 1.29 is 9.18 Å². The van der Waals surface area contributed by atoms with E-state index in [4.69, 9.17) is 5.73 Å². The number of rotatable bonds is 7. The van der Waals surface area contributed by atoms with Crippen LogP contribution < -0.4 is 11.1 Å². The van der Waals surface area contributed by atoms with Crippen molar-refractivity contribution in [3.05, 3.63) is 35.9 Å². The quantitative estimate of drug-likeness (QED) is 0.724. The number of hydrogen-bond donors (Lipinski definition) is 2. The van der Waals surface area contributed by atoms with Crippen LogP contribution in [0.1, 0.15) is 19.7 Å². The summed E-state index contributed by atoms with van der Waals surface area (Å²) < 4.78 is 15.7. The van der Waals surface area contributed by atoms with Gasteiger partial charge in [-0.3, -0.25) is 9.36 Å². The largest absolute Gasteiger partial charge is 0.353 e. The molecule has 0 fully saturated rings. The normalized spacial score (nSPS) is 10.5. The molecular weight excluding hydrogens is 353 g/mol. The maximum atomic E-state index is 14.1. The summed E-state index contributed by atoms with van der Waals surface area (Å²) >= 11 is 1.22. The molecule has 1 amide bonds. The van der Waals surface area contributed by atoms with E-state index in [1.54, 1.807) is 22.8 Å². The molecule has 0 atom stereocenters. The Hall–Kier alpha value is -1.64. The molecule has 3 N–H and O–H groups in total. The first kappa shape index (κ1) is 20.4. The van der Waals surface area contributed by atoms with Gasteiger partial charge in [0, 0.05) is 12.5 Å². The fourth-order valence-electron chi connectivity index (χ4n) is 2.05. The molecule has 2 aromatic rings. The number of hydrogen-bond acceptors (Lipinski definition) is 5. The summed E-state index contributed by atoms with van der Waals surface area (Å²) in [4.78, 5) is 11.8. The van der Waals surface area contributed by atoms with E-state index in [0.29, 0.717) is 29.6 Å². The number of thioether (sulfide) groups is 1. The average Bonchev–Trinajstić information content (AvgIpc) is 2.88. The summed E-state index contributed by atoms with van der Waals surface area (Å²) in [6.07, 6.45) is 0.472. The van der Waals surface area contributed by atoms with Crippen LogP contribution in [0.15, 0.2) is 29.4 Å². The van der Waals surface area contributed by atoms with Crippen LogP contribution in [-0.4, -0.2) is 39.0 Å². The molecular formula is C15H21ClFN5OS. The standard InChI is InChI=1S/C15H20FN5OS.ClH/c1-10(2)18-14(22)9-23-15-20-19-13(7-8-17)21(15)12-6-4-3-5-11(12)16;/h3-6,10H,7-9,17H2,1-2H3,(H,18,22);1H. The van der Waals surface area contributed by atoms with Gasteiger partial charge in [-0.05, 0) is 32.5 Å². The van der Waals surface area contributed by atoms with Crippen molar-refractivity contribution in [3.63, 3.8) is 0 Å². The number of benzene rings is 1. The van der Waals surface area contributed by atoms with E-state index in [1.165, 1.54) is 17.8 Å². The van der Waals surface area contributed by atoms with Gasteiger partial charge in [0.1, 0.15) is 11.6 Å². The average molecular weight is 374 g/mol. The summed E-state index contributed by atoms with van der Waals surface area (Å²) in [5.41, 5.74) is 5.94. The predicted octanol–water partition coefficient (Wildman–Crippen LogP) is 1.95. The van der Waals surface area contributed by atoms with Crippen molar-refractivity contribution in [2.75, 3.05) is 12.3 Å². The Balaban J connectivity index is 0.00000288. The van der Waals surface area contributed by atoms with Gasteiger partial charge in [0.25, 0.3) is 0 Å². The highest BCUT2D eigenvalue weighted by Gasteiger charge is 2.17. The minimum atomic E-state index is -0.376. The van der Waals surface area contributed by atoms with Gasteiger partial charge in [-0.15, -0.1) is 22.6 Å².